The Kier molecular flexibility index (Phi) is 7.55. The molecule has 1 fully saturated rings. The zero-order valence-corrected chi connectivity index (χ0v) is 14.2. The molecule has 7 unspecified atom stereocenters. The van der Waals surface area contributed by atoms with Crippen molar-refractivity contribution in [1.82, 2.24) is 10.6 Å². The van der Waals surface area contributed by atoms with Crippen LogP contribution in [0.25, 0.3) is 0 Å². The summed E-state index contributed by atoms with van der Waals surface area (Å²) in [4.78, 5) is 23.8. The van der Waals surface area contributed by atoms with E-state index in [0.29, 0.717) is 0 Å². The third-order valence-corrected chi connectivity index (χ3v) is 3.90. The molecule has 0 saturated carbocycles. The molecular formula is C15H28N2O8. The average Bonchev–Trinajstić information content (AvgIpc) is 2.61. The number of hydrogen-bond acceptors (Lipinski definition) is 9. The fourth-order valence-electron chi connectivity index (χ4n) is 2.39. The molecule has 0 bridgehead atoms. The fourth-order valence-corrected chi connectivity index (χ4v) is 2.39. The largest absolute Gasteiger partial charge is 0.394 e. The molecule has 1 amide bonds. The summed E-state index contributed by atoms with van der Waals surface area (Å²) in [5.74, 6) is -0.775. The van der Waals surface area contributed by atoms with E-state index in [0.717, 1.165) is 0 Å². The number of rotatable bonds is 9. The predicted molar refractivity (Wildman–Crippen MR) is 85.4 cm³/mol. The topological polar surface area (TPSA) is 158 Å². The first kappa shape index (κ1) is 18.6. The minimum Gasteiger partial charge on any atom is -0.394 e. The quantitative estimate of drug-likeness (QED) is 0.230. The van der Waals surface area contributed by atoms with E-state index < -0.39 is 68.2 Å². The maximum absolute atomic E-state index is 12.3. The maximum Gasteiger partial charge on any atom is 0.238 e. The van der Waals surface area contributed by atoms with Gasteiger partial charge in [0.25, 0.3) is 0 Å². The molecule has 10 nitrogen and oxygen atoms in total. The highest BCUT2D eigenvalue weighted by Gasteiger charge is 2.44. The van der Waals surface area contributed by atoms with Crippen LogP contribution in [0.4, 0.5) is 0 Å². The molecule has 0 aromatic heterocycles. The molecule has 25 heavy (non-hydrogen) atoms. The monoisotopic (exact) mass is 367 g/mol. The molecule has 1 rings (SSSR count). The third-order valence-electron chi connectivity index (χ3n) is 3.90. The second-order valence-corrected chi connectivity index (χ2v) is 6.14. The van der Waals surface area contributed by atoms with E-state index in [1.54, 1.807) is 13.8 Å². The van der Waals surface area contributed by atoms with Gasteiger partial charge in [0.2, 0.25) is 5.91 Å². The van der Waals surface area contributed by atoms with Crippen LogP contribution in [0.5, 0.6) is 0 Å². The van der Waals surface area contributed by atoms with Crippen LogP contribution in [0.2, 0.25) is 0 Å². The van der Waals surface area contributed by atoms with Crippen molar-refractivity contribution in [3.05, 3.63) is 0 Å². The van der Waals surface area contributed by atoms with Gasteiger partial charge in [-0.3, -0.25) is 4.79 Å². The van der Waals surface area contributed by atoms with Crippen molar-refractivity contribution in [1.29, 1.82) is 0 Å². The van der Waals surface area contributed by atoms with Gasteiger partial charge in [-0.05, 0) is 12.9 Å². The van der Waals surface area contributed by atoms with Gasteiger partial charge < -0.3 is 45.3 Å². The zero-order chi connectivity index (χ0) is 20.7. The normalized spacial score (nSPS) is 33.3. The van der Waals surface area contributed by atoms with Crippen LogP contribution in [-0.2, 0) is 19.1 Å². The minimum absolute atomic E-state index is 0.178. The van der Waals surface area contributed by atoms with Crippen LogP contribution in [0.15, 0.2) is 0 Å². The van der Waals surface area contributed by atoms with Crippen LogP contribution >= 0.6 is 0 Å². The summed E-state index contributed by atoms with van der Waals surface area (Å²) in [6.45, 7) is 2.31. The van der Waals surface area contributed by atoms with Gasteiger partial charge in [-0.15, -0.1) is 0 Å². The van der Waals surface area contributed by atoms with E-state index in [9.17, 15) is 24.9 Å². The number of carbonyl (C=O) groups excluding carboxylic acids is 2. The molecule has 6 N–H and O–H groups in total. The number of aliphatic hydroxyl groups excluding tert-OH is 4. The van der Waals surface area contributed by atoms with E-state index in [1.165, 1.54) is 0 Å². The van der Waals surface area contributed by atoms with E-state index in [-0.39, 0.29) is 12.9 Å². The van der Waals surface area contributed by atoms with Crippen LogP contribution in [0.1, 0.15) is 16.6 Å². The molecule has 146 valence electrons. The zero-order valence-electron chi connectivity index (χ0n) is 16.2. The molecule has 0 radical (unpaired) electrons. The molecule has 0 aromatic carbocycles. The van der Waals surface area contributed by atoms with Crippen LogP contribution in [-0.4, -0.2) is 95.6 Å². The first-order chi connectivity index (χ1) is 12.6. The molecule has 0 spiro atoms. The lowest BCUT2D eigenvalue weighted by atomic mass is 9.99. The van der Waals surface area contributed by atoms with Gasteiger partial charge in [0, 0.05) is 1.37 Å². The Morgan fingerprint density at radius 1 is 1.40 bits per heavy atom. The number of likely N-dealkylation sites (N-methyl/N-ethyl adjacent to an activating group) is 1. The summed E-state index contributed by atoms with van der Waals surface area (Å²) >= 11 is 0. The molecular weight excluding hydrogens is 336 g/mol. The van der Waals surface area contributed by atoms with Crippen molar-refractivity contribution in [2.45, 2.75) is 56.6 Å². The van der Waals surface area contributed by atoms with Gasteiger partial charge in [-0.2, -0.15) is 0 Å². The van der Waals surface area contributed by atoms with Crippen molar-refractivity contribution >= 4 is 12.2 Å². The number of ether oxygens (including phenoxy) is 2. The SMILES string of the molecule is [2H]C(=O)C(COC1OC(CO)C(O)C(O)C1O)NC(=O)C(NC[3H])C(C)C. The number of nitrogens with one attached hydrogen (secondary N) is 2. The van der Waals surface area contributed by atoms with Crippen molar-refractivity contribution in [3.8, 4) is 0 Å². The Morgan fingerprint density at radius 3 is 2.60 bits per heavy atom. The predicted octanol–water partition coefficient (Wildman–Crippen LogP) is -3.27. The van der Waals surface area contributed by atoms with Crippen molar-refractivity contribution in [2.24, 2.45) is 5.92 Å². The summed E-state index contributed by atoms with van der Waals surface area (Å²) in [6, 6.07) is -2.13. The Hall–Kier alpha value is -1.14. The van der Waals surface area contributed by atoms with E-state index in [1.807, 2.05) is 0 Å². The first-order valence-electron chi connectivity index (χ1n) is 9.10. The molecule has 1 aliphatic heterocycles. The smallest absolute Gasteiger partial charge is 0.238 e. The number of amides is 1. The Morgan fingerprint density at radius 2 is 2.08 bits per heavy atom. The van der Waals surface area contributed by atoms with Crippen LogP contribution in [0.3, 0.4) is 0 Å². The average molecular weight is 367 g/mol. The molecule has 1 aliphatic rings. The van der Waals surface area contributed by atoms with Crippen LogP contribution in [0, 0.1) is 5.92 Å². The lowest BCUT2D eigenvalue weighted by Gasteiger charge is -2.39. The molecule has 10 heteroatoms. The molecule has 0 aliphatic carbocycles. The number of aldehydes is 1. The minimum atomic E-state index is -1.66. The Labute approximate surface area is 148 Å². The van der Waals surface area contributed by atoms with Gasteiger partial charge in [0.1, 0.15) is 38.1 Å². The van der Waals surface area contributed by atoms with Crippen molar-refractivity contribution in [2.75, 3.05) is 20.2 Å². The Bertz CT molecular complexity index is 496. The highest BCUT2D eigenvalue weighted by Crippen LogP contribution is 2.21. The summed E-state index contributed by atoms with van der Waals surface area (Å²) < 4.78 is 24.8. The number of hydrogen-bond donors (Lipinski definition) is 6. The van der Waals surface area contributed by atoms with E-state index >= 15 is 0 Å². The summed E-state index contributed by atoms with van der Waals surface area (Å²) in [5, 5.41) is 43.4. The lowest BCUT2D eigenvalue weighted by molar-refractivity contribution is -0.301. The highest BCUT2D eigenvalue weighted by molar-refractivity contribution is 5.84. The van der Waals surface area contributed by atoms with Gasteiger partial charge in [0.15, 0.2) is 6.29 Å². The molecule has 1 heterocycles. The van der Waals surface area contributed by atoms with Gasteiger partial charge in [-0.25, -0.2) is 0 Å². The fraction of sp³-hybridized carbons (Fsp3) is 0.867. The van der Waals surface area contributed by atoms with Crippen molar-refractivity contribution < 1.29 is 42.2 Å². The van der Waals surface area contributed by atoms with E-state index in [4.69, 9.17) is 17.3 Å². The second-order valence-electron chi connectivity index (χ2n) is 6.14. The molecule has 7 atom stereocenters. The summed E-state index contributed by atoms with van der Waals surface area (Å²) in [5.41, 5.74) is 0. The third kappa shape index (κ3) is 5.68. The Balaban J connectivity index is 2.72. The summed E-state index contributed by atoms with van der Waals surface area (Å²) in [6.07, 6.45) is -8.67. The first-order valence-corrected chi connectivity index (χ1v) is 7.89. The van der Waals surface area contributed by atoms with Gasteiger partial charge in [-0.1, -0.05) is 13.8 Å². The second kappa shape index (κ2) is 10.1. The van der Waals surface area contributed by atoms with E-state index in [2.05, 4.69) is 10.6 Å². The summed E-state index contributed by atoms with van der Waals surface area (Å²) in [7, 11) is -0.211. The van der Waals surface area contributed by atoms with Crippen LogP contribution < -0.4 is 10.6 Å². The molecule has 1 saturated heterocycles. The number of aliphatic hydroxyl groups is 4. The molecule has 0 aromatic rings. The number of carbonyl (C=O) groups is 2. The highest BCUT2D eigenvalue weighted by atomic mass is 16.7. The maximum atomic E-state index is 12.3. The van der Waals surface area contributed by atoms with Crippen molar-refractivity contribution in [3.63, 3.8) is 0 Å². The lowest BCUT2D eigenvalue weighted by Crippen LogP contribution is -2.59. The van der Waals surface area contributed by atoms with Gasteiger partial charge in [0.05, 0.1) is 19.3 Å². The van der Waals surface area contributed by atoms with Gasteiger partial charge >= 0.3 is 0 Å². The standard InChI is InChI=1S/C15H28N2O8/c1-7(2)10(16-3)14(23)17-8(4-18)6-24-15-13(22)12(21)11(20)9(5-19)25-15/h4,7-13,15-16,19-22H,5-6H2,1-3H3,(H,17,23)/i3T,4D.